The van der Waals surface area contributed by atoms with E-state index in [1.165, 1.54) is 12.0 Å². The number of aromatic nitrogens is 2. The standard InChI is InChI=1S/C28H36N4O3/c1-19(2)15-24-27(29-18-20-9-5-3-6-10-20)32-14-13-22(16-25(32)30-24)28(35)31-23(17-26(33)34)21-11-7-4-8-12-21/h3,5-6,9-10,13-14,16,19,21,23,29H,4,7-8,11-12,15,17-18H2,1-2H3,(H,31,35)(H,33,34). The minimum absolute atomic E-state index is 0.0475. The summed E-state index contributed by atoms with van der Waals surface area (Å²) in [5.41, 5.74) is 3.36. The Hall–Kier alpha value is -3.35. The van der Waals surface area contributed by atoms with Gasteiger partial charge in [0.2, 0.25) is 0 Å². The zero-order chi connectivity index (χ0) is 24.8. The molecule has 1 aliphatic carbocycles. The molecule has 7 nitrogen and oxygen atoms in total. The number of pyridine rings is 1. The number of imidazole rings is 1. The number of anilines is 1. The van der Waals surface area contributed by atoms with Crippen LogP contribution in [-0.4, -0.2) is 32.4 Å². The molecule has 1 fully saturated rings. The summed E-state index contributed by atoms with van der Waals surface area (Å²) < 4.78 is 1.99. The van der Waals surface area contributed by atoms with Crippen molar-refractivity contribution in [1.82, 2.24) is 14.7 Å². The number of nitrogens with one attached hydrogen (secondary N) is 2. The molecule has 3 N–H and O–H groups in total. The minimum atomic E-state index is -0.878. The Balaban J connectivity index is 1.56. The van der Waals surface area contributed by atoms with Crippen molar-refractivity contribution in [2.24, 2.45) is 11.8 Å². The number of carbonyl (C=O) groups is 2. The lowest BCUT2D eigenvalue weighted by Crippen LogP contribution is -2.42. The topological polar surface area (TPSA) is 95.7 Å². The molecule has 4 rings (SSSR count). The Morgan fingerprint density at radius 3 is 2.54 bits per heavy atom. The Kier molecular flexibility index (Phi) is 8.06. The summed E-state index contributed by atoms with van der Waals surface area (Å²) in [7, 11) is 0. The van der Waals surface area contributed by atoms with Gasteiger partial charge in [-0.1, -0.05) is 63.4 Å². The average Bonchev–Trinajstić information content (AvgIpc) is 3.18. The van der Waals surface area contributed by atoms with Crippen LogP contribution in [-0.2, 0) is 17.8 Å². The lowest BCUT2D eigenvalue weighted by molar-refractivity contribution is -0.137. The minimum Gasteiger partial charge on any atom is -0.481 e. The predicted molar refractivity (Wildman–Crippen MR) is 138 cm³/mol. The Bertz CT molecular complexity index is 1150. The van der Waals surface area contributed by atoms with Crippen LogP contribution in [0.3, 0.4) is 0 Å². The van der Waals surface area contributed by atoms with Crippen LogP contribution in [0.2, 0.25) is 0 Å². The molecule has 1 saturated carbocycles. The third-order valence-corrected chi connectivity index (χ3v) is 6.79. The molecular formula is C28H36N4O3. The van der Waals surface area contributed by atoms with Crippen molar-refractivity contribution in [1.29, 1.82) is 0 Å². The molecule has 0 saturated heterocycles. The number of nitrogens with zero attached hydrogens (tertiary/aromatic N) is 2. The van der Waals surface area contributed by atoms with E-state index < -0.39 is 5.97 Å². The highest BCUT2D eigenvalue weighted by Gasteiger charge is 2.27. The molecule has 7 heteroatoms. The summed E-state index contributed by atoms with van der Waals surface area (Å²) in [6.45, 7) is 5.01. The first-order valence-corrected chi connectivity index (χ1v) is 12.7. The van der Waals surface area contributed by atoms with E-state index in [1.54, 1.807) is 12.1 Å². The van der Waals surface area contributed by atoms with Crippen LogP contribution >= 0.6 is 0 Å². The first-order chi connectivity index (χ1) is 16.9. The van der Waals surface area contributed by atoms with E-state index in [4.69, 9.17) is 4.98 Å². The highest BCUT2D eigenvalue weighted by atomic mass is 16.4. The molecule has 1 atom stereocenters. The highest BCUT2D eigenvalue weighted by molar-refractivity contribution is 5.95. The molecule has 1 aromatic carbocycles. The van der Waals surface area contributed by atoms with Crippen LogP contribution in [0.15, 0.2) is 48.7 Å². The average molecular weight is 477 g/mol. The molecule has 2 aromatic heterocycles. The second kappa shape index (κ2) is 11.4. The molecule has 1 unspecified atom stereocenters. The van der Waals surface area contributed by atoms with Crippen molar-refractivity contribution in [3.63, 3.8) is 0 Å². The third-order valence-electron chi connectivity index (χ3n) is 6.79. The van der Waals surface area contributed by atoms with Crippen molar-refractivity contribution in [3.05, 3.63) is 65.5 Å². The van der Waals surface area contributed by atoms with Crippen molar-refractivity contribution in [3.8, 4) is 0 Å². The number of carbonyl (C=O) groups excluding carboxylic acids is 1. The maximum absolute atomic E-state index is 13.1. The van der Waals surface area contributed by atoms with E-state index in [1.807, 2.05) is 28.8 Å². The van der Waals surface area contributed by atoms with Gasteiger partial charge in [0.15, 0.2) is 0 Å². The third kappa shape index (κ3) is 6.41. The fourth-order valence-corrected chi connectivity index (χ4v) is 5.04. The smallest absolute Gasteiger partial charge is 0.305 e. The lowest BCUT2D eigenvalue weighted by atomic mass is 9.82. The number of aliphatic carboxylic acids is 1. The molecule has 2 heterocycles. The number of carboxylic acids is 1. The SMILES string of the molecule is CC(C)Cc1nc2cc(C(=O)NC(CC(=O)O)C3CCCCC3)ccn2c1NCc1ccccc1. The molecule has 35 heavy (non-hydrogen) atoms. The Morgan fingerprint density at radius 1 is 1.11 bits per heavy atom. The van der Waals surface area contributed by atoms with Crippen LogP contribution in [0.5, 0.6) is 0 Å². The van der Waals surface area contributed by atoms with E-state index in [2.05, 4.69) is 36.6 Å². The molecule has 0 aliphatic heterocycles. The molecular weight excluding hydrogens is 440 g/mol. The first-order valence-electron chi connectivity index (χ1n) is 12.7. The first kappa shape index (κ1) is 24.8. The van der Waals surface area contributed by atoms with Crippen LogP contribution in [0.4, 0.5) is 5.82 Å². The molecule has 186 valence electrons. The van der Waals surface area contributed by atoms with Gasteiger partial charge in [-0.05, 0) is 48.8 Å². The van der Waals surface area contributed by atoms with Crippen molar-refractivity contribution in [2.75, 3.05) is 5.32 Å². The predicted octanol–water partition coefficient (Wildman–Crippen LogP) is 5.30. The molecule has 0 bridgehead atoms. The van der Waals surface area contributed by atoms with Gasteiger partial charge >= 0.3 is 5.97 Å². The van der Waals surface area contributed by atoms with Crippen molar-refractivity contribution < 1.29 is 14.7 Å². The van der Waals surface area contributed by atoms with Gasteiger partial charge in [-0.25, -0.2) is 4.98 Å². The number of benzene rings is 1. The lowest BCUT2D eigenvalue weighted by Gasteiger charge is -2.30. The van der Waals surface area contributed by atoms with Gasteiger partial charge in [0, 0.05) is 24.3 Å². The maximum Gasteiger partial charge on any atom is 0.305 e. The number of rotatable bonds is 10. The molecule has 0 radical (unpaired) electrons. The van der Waals surface area contributed by atoms with Gasteiger partial charge in [-0.15, -0.1) is 0 Å². The van der Waals surface area contributed by atoms with Gasteiger partial charge in [-0.3, -0.25) is 14.0 Å². The molecule has 0 spiro atoms. The largest absolute Gasteiger partial charge is 0.481 e. The van der Waals surface area contributed by atoms with Gasteiger partial charge in [0.05, 0.1) is 12.1 Å². The number of amides is 1. The maximum atomic E-state index is 13.1. The summed E-state index contributed by atoms with van der Waals surface area (Å²) in [4.78, 5) is 29.5. The molecule has 3 aromatic rings. The quantitative estimate of drug-likeness (QED) is 0.369. The summed E-state index contributed by atoms with van der Waals surface area (Å²) >= 11 is 0. The fourth-order valence-electron chi connectivity index (χ4n) is 5.04. The highest BCUT2D eigenvalue weighted by Crippen LogP contribution is 2.28. The van der Waals surface area contributed by atoms with E-state index in [0.29, 0.717) is 23.7 Å². The van der Waals surface area contributed by atoms with Gasteiger partial charge in [-0.2, -0.15) is 0 Å². The van der Waals surface area contributed by atoms with E-state index in [9.17, 15) is 14.7 Å². The second-order valence-electron chi connectivity index (χ2n) is 10.1. The normalized spacial score (nSPS) is 15.3. The molecule has 1 aliphatic rings. The summed E-state index contributed by atoms with van der Waals surface area (Å²) in [6, 6.07) is 13.5. The van der Waals surface area contributed by atoms with Crippen molar-refractivity contribution >= 4 is 23.3 Å². The number of carboxylic acid groups (broad SMARTS) is 1. The van der Waals surface area contributed by atoms with Gasteiger partial charge in [0.25, 0.3) is 5.91 Å². The Morgan fingerprint density at radius 2 is 1.86 bits per heavy atom. The van der Waals surface area contributed by atoms with Crippen molar-refractivity contribution in [2.45, 2.75) is 71.4 Å². The molecule has 1 amide bonds. The van der Waals surface area contributed by atoms with E-state index >= 15 is 0 Å². The van der Waals surface area contributed by atoms with E-state index in [0.717, 1.165) is 43.6 Å². The zero-order valence-electron chi connectivity index (χ0n) is 20.7. The number of fused-ring (bicyclic) bond motifs is 1. The van der Waals surface area contributed by atoms with Crippen LogP contribution in [0, 0.1) is 11.8 Å². The Labute approximate surface area is 207 Å². The van der Waals surface area contributed by atoms with Crippen LogP contribution in [0.1, 0.15) is 74.0 Å². The van der Waals surface area contributed by atoms with Gasteiger partial charge < -0.3 is 15.7 Å². The number of hydrogen-bond acceptors (Lipinski definition) is 4. The fraction of sp³-hybridized carbons (Fsp3) is 0.464. The monoisotopic (exact) mass is 476 g/mol. The van der Waals surface area contributed by atoms with E-state index in [-0.39, 0.29) is 24.3 Å². The van der Waals surface area contributed by atoms with Crippen LogP contribution in [0.25, 0.3) is 5.65 Å². The van der Waals surface area contributed by atoms with Gasteiger partial charge in [0.1, 0.15) is 11.5 Å². The summed E-state index contributed by atoms with van der Waals surface area (Å²) in [5.74, 6) is 0.474. The summed E-state index contributed by atoms with van der Waals surface area (Å²) in [6.07, 6.45) is 7.94. The number of hydrogen-bond donors (Lipinski definition) is 3. The second-order valence-corrected chi connectivity index (χ2v) is 10.1. The zero-order valence-corrected chi connectivity index (χ0v) is 20.7. The summed E-state index contributed by atoms with van der Waals surface area (Å²) in [5, 5.41) is 16.0. The van der Waals surface area contributed by atoms with Crippen LogP contribution < -0.4 is 10.6 Å².